The number of hydrogen-bond acceptors (Lipinski definition) is 4. The van der Waals surface area contributed by atoms with Gasteiger partial charge in [0.1, 0.15) is 12.4 Å². The Bertz CT molecular complexity index is 1200. The second-order valence-electron chi connectivity index (χ2n) is 7.17. The summed E-state index contributed by atoms with van der Waals surface area (Å²) in [5, 5.41) is 3.45. The highest BCUT2D eigenvalue weighted by molar-refractivity contribution is 8.18. The highest BCUT2D eigenvalue weighted by Crippen LogP contribution is 2.31. The van der Waals surface area contributed by atoms with Gasteiger partial charge in [0.15, 0.2) is 0 Å². The van der Waals surface area contributed by atoms with Crippen molar-refractivity contribution in [2.75, 3.05) is 13.1 Å². The minimum Gasteiger partial charge on any atom is -0.353 e. The number of benzene rings is 2. The Hall–Kier alpha value is -3.39. The first kappa shape index (κ1) is 20.9. The van der Waals surface area contributed by atoms with Gasteiger partial charge in [0.05, 0.1) is 4.91 Å². The maximum absolute atomic E-state index is 13.0. The van der Waals surface area contributed by atoms with Crippen molar-refractivity contribution in [1.82, 2.24) is 14.8 Å². The third-order valence-corrected chi connectivity index (χ3v) is 5.93. The molecule has 8 heteroatoms. The molecule has 1 aliphatic rings. The van der Waals surface area contributed by atoms with E-state index in [1.165, 1.54) is 24.3 Å². The van der Waals surface area contributed by atoms with Gasteiger partial charge in [-0.3, -0.25) is 19.3 Å². The number of thioether (sulfide) groups is 1. The molecule has 1 aliphatic heterocycles. The number of aromatic nitrogens is 1. The van der Waals surface area contributed by atoms with Crippen LogP contribution in [0.3, 0.4) is 0 Å². The molecule has 0 unspecified atom stereocenters. The van der Waals surface area contributed by atoms with E-state index in [0.29, 0.717) is 5.56 Å². The molecular weight excluding hydrogens is 417 g/mol. The predicted octanol–water partition coefficient (Wildman–Crippen LogP) is 3.94. The average Bonchev–Trinajstić information content (AvgIpc) is 3.20. The third-order valence-electron chi connectivity index (χ3n) is 5.02. The highest BCUT2D eigenvalue weighted by atomic mass is 32.2. The van der Waals surface area contributed by atoms with Crippen LogP contribution in [0.4, 0.5) is 9.18 Å². The van der Waals surface area contributed by atoms with E-state index in [9.17, 15) is 18.8 Å². The normalized spacial score (nSPS) is 15.3. The van der Waals surface area contributed by atoms with Crippen LogP contribution in [0.1, 0.15) is 11.3 Å². The SMILES string of the molecule is Cc1cc2ccccc2n1CC(=O)NCCN1C(=O)S/C(=C\c2ccc(F)cc2)C1=O. The molecule has 1 saturated heterocycles. The Morgan fingerprint density at radius 1 is 1.13 bits per heavy atom. The molecule has 0 atom stereocenters. The Balaban J connectivity index is 1.34. The molecule has 158 valence electrons. The van der Waals surface area contributed by atoms with Crippen LogP contribution >= 0.6 is 11.8 Å². The van der Waals surface area contributed by atoms with Gasteiger partial charge in [0.25, 0.3) is 11.1 Å². The van der Waals surface area contributed by atoms with Crippen LogP contribution < -0.4 is 5.32 Å². The Kier molecular flexibility index (Phi) is 5.90. The molecule has 1 aromatic heterocycles. The number of amides is 3. The van der Waals surface area contributed by atoms with E-state index >= 15 is 0 Å². The molecule has 0 aliphatic carbocycles. The zero-order valence-electron chi connectivity index (χ0n) is 16.8. The van der Waals surface area contributed by atoms with E-state index in [1.807, 2.05) is 41.8 Å². The van der Waals surface area contributed by atoms with Crippen LogP contribution in [0.25, 0.3) is 17.0 Å². The molecule has 0 radical (unpaired) electrons. The third kappa shape index (κ3) is 4.54. The molecule has 4 rings (SSSR count). The topological polar surface area (TPSA) is 71.4 Å². The number of nitrogens with zero attached hydrogens (tertiary/aromatic N) is 2. The molecule has 0 saturated carbocycles. The second kappa shape index (κ2) is 8.77. The van der Waals surface area contributed by atoms with Crippen molar-refractivity contribution in [2.45, 2.75) is 13.5 Å². The van der Waals surface area contributed by atoms with Crippen LogP contribution in [0, 0.1) is 12.7 Å². The van der Waals surface area contributed by atoms with Gasteiger partial charge in [-0.1, -0.05) is 30.3 Å². The van der Waals surface area contributed by atoms with Gasteiger partial charge in [-0.25, -0.2) is 4.39 Å². The molecule has 1 N–H and O–H groups in total. The summed E-state index contributed by atoms with van der Waals surface area (Å²) in [6, 6.07) is 15.5. The summed E-state index contributed by atoms with van der Waals surface area (Å²) in [6.07, 6.45) is 1.56. The lowest BCUT2D eigenvalue weighted by molar-refractivity contribution is -0.124. The van der Waals surface area contributed by atoms with Gasteiger partial charge in [0.2, 0.25) is 5.91 Å². The summed E-state index contributed by atoms with van der Waals surface area (Å²) in [5.74, 6) is -0.983. The summed E-state index contributed by atoms with van der Waals surface area (Å²) >= 11 is 0.835. The lowest BCUT2D eigenvalue weighted by atomic mass is 10.2. The first-order valence-corrected chi connectivity index (χ1v) is 10.6. The van der Waals surface area contributed by atoms with E-state index in [1.54, 1.807) is 6.08 Å². The Morgan fingerprint density at radius 3 is 2.65 bits per heavy atom. The molecule has 0 spiro atoms. The monoisotopic (exact) mass is 437 g/mol. The summed E-state index contributed by atoms with van der Waals surface area (Å²) in [5.41, 5.74) is 2.59. The molecule has 1 fully saturated rings. The Morgan fingerprint density at radius 2 is 1.87 bits per heavy atom. The van der Waals surface area contributed by atoms with Gasteiger partial charge < -0.3 is 9.88 Å². The number of rotatable bonds is 6. The zero-order chi connectivity index (χ0) is 22.0. The van der Waals surface area contributed by atoms with Crippen molar-refractivity contribution in [3.63, 3.8) is 0 Å². The quantitative estimate of drug-likeness (QED) is 0.593. The number of carbonyl (C=O) groups excluding carboxylic acids is 3. The fraction of sp³-hybridized carbons (Fsp3) is 0.174. The van der Waals surface area contributed by atoms with E-state index in [2.05, 4.69) is 5.32 Å². The average molecular weight is 437 g/mol. The number of para-hydroxylation sites is 1. The minimum absolute atomic E-state index is 0.0859. The fourth-order valence-electron chi connectivity index (χ4n) is 3.47. The number of halogens is 1. The van der Waals surface area contributed by atoms with E-state index in [0.717, 1.165) is 33.3 Å². The van der Waals surface area contributed by atoms with Crippen molar-refractivity contribution >= 4 is 45.8 Å². The molecule has 3 aromatic rings. The molecule has 0 bridgehead atoms. The largest absolute Gasteiger partial charge is 0.353 e. The number of imide groups is 1. The van der Waals surface area contributed by atoms with Crippen LogP contribution in [-0.4, -0.2) is 39.6 Å². The van der Waals surface area contributed by atoms with Gasteiger partial charge in [0, 0.05) is 24.3 Å². The summed E-state index contributed by atoms with van der Waals surface area (Å²) in [7, 11) is 0. The van der Waals surface area contributed by atoms with Crippen LogP contribution in [0.5, 0.6) is 0 Å². The van der Waals surface area contributed by atoms with Gasteiger partial charge in [-0.15, -0.1) is 0 Å². The molecule has 6 nitrogen and oxygen atoms in total. The van der Waals surface area contributed by atoms with Gasteiger partial charge in [-0.05, 0) is 60.0 Å². The minimum atomic E-state index is -0.416. The standard InChI is InChI=1S/C23H20FN3O3S/c1-15-12-17-4-2-3-5-19(17)27(15)14-21(28)25-10-11-26-22(29)20(31-23(26)30)13-16-6-8-18(24)9-7-16/h2-9,12-13H,10-11,14H2,1H3,(H,25,28)/b20-13-. The first-order valence-electron chi connectivity index (χ1n) is 9.75. The van der Waals surface area contributed by atoms with E-state index in [-0.39, 0.29) is 41.5 Å². The Labute approximate surface area is 182 Å². The zero-order valence-corrected chi connectivity index (χ0v) is 17.6. The van der Waals surface area contributed by atoms with Gasteiger partial charge >= 0.3 is 0 Å². The first-order chi connectivity index (χ1) is 14.9. The number of fused-ring (bicyclic) bond motifs is 1. The van der Waals surface area contributed by atoms with Crippen molar-refractivity contribution in [2.24, 2.45) is 0 Å². The molecule has 3 amide bonds. The van der Waals surface area contributed by atoms with Crippen molar-refractivity contribution < 1.29 is 18.8 Å². The van der Waals surface area contributed by atoms with E-state index < -0.39 is 5.91 Å². The second-order valence-corrected chi connectivity index (χ2v) is 8.16. The van der Waals surface area contributed by atoms with Gasteiger partial charge in [-0.2, -0.15) is 0 Å². The predicted molar refractivity (Wildman–Crippen MR) is 119 cm³/mol. The molecular formula is C23H20FN3O3S. The lowest BCUT2D eigenvalue weighted by Gasteiger charge is -2.14. The number of carbonyl (C=O) groups is 3. The molecule has 2 heterocycles. The van der Waals surface area contributed by atoms with E-state index in [4.69, 9.17) is 0 Å². The number of nitrogens with one attached hydrogen (secondary N) is 1. The summed E-state index contributed by atoms with van der Waals surface area (Å²) < 4.78 is 15.0. The maximum Gasteiger partial charge on any atom is 0.293 e. The summed E-state index contributed by atoms with van der Waals surface area (Å²) in [6.45, 7) is 2.36. The lowest BCUT2D eigenvalue weighted by Crippen LogP contribution is -2.38. The van der Waals surface area contributed by atoms with Crippen LogP contribution in [0.2, 0.25) is 0 Å². The smallest absolute Gasteiger partial charge is 0.293 e. The van der Waals surface area contributed by atoms with Crippen molar-refractivity contribution in [1.29, 1.82) is 0 Å². The number of hydrogen-bond donors (Lipinski definition) is 1. The highest BCUT2D eigenvalue weighted by Gasteiger charge is 2.34. The maximum atomic E-state index is 13.0. The fourth-order valence-corrected chi connectivity index (χ4v) is 4.33. The summed E-state index contributed by atoms with van der Waals surface area (Å²) in [4.78, 5) is 38.5. The number of aryl methyl sites for hydroxylation is 1. The van der Waals surface area contributed by atoms with Crippen LogP contribution in [0.15, 0.2) is 59.5 Å². The van der Waals surface area contributed by atoms with Crippen molar-refractivity contribution in [3.8, 4) is 0 Å². The van der Waals surface area contributed by atoms with Crippen LogP contribution in [-0.2, 0) is 16.1 Å². The molecule has 2 aromatic carbocycles. The molecule has 31 heavy (non-hydrogen) atoms. The van der Waals surface area contributed by atoms with Crippen molar-refractivity contribution in [3.05, 3.63) is 76.6 Å².